The Morgan fingerprint density at radius 3 is 1.93 bits per heavy atom. The van der Waals surface area contributed by atoms with Gasteiger partial charge in [-0.25, -0.2) is 14.3 Å². The number of methoxy groups -OCH3 is 2. The van der Waals surface area contributed by atoms with Gasteiger partial charge in [0.15, 0.2) is 44.1 Å². The van der Waals surface area contributed by atoms with Crippen LogP contribution in [0.3, 0.4) is 0 Å². The Morgan fingerprint density at radius 1 is 0.758 bits per heavy atom. The van der Waals surface area contributed by atoms with Crippen LogP contribution in [0.25, 0.3) is 11.2 Å². The number of esters is 2. The molecule has 2 aliphatic rings. The van der Waals surface area contributed by atoms with E-state index in [4.69, 9.17) is 60.6 Å². The van der Waals surface area contributed by atoms with Gasteiger partial charge in [-0.15, -0.1) is 0 Å². The summed E-state index contributed by atoms with van der Waals surface area (Å²) >= 11 is 0. The van der Waals surface area contributed by atoms with Crippen molar-refractivity contribution in [2.45, 2.75) is 141 Å². The molecule has 29 nitrogen and oxygen atoms in total. The second-order valence-electron chi connectivity index (χ2n) is 25.5. The van der Waals surface area contributed by atoms with Crippen molar-refractivity contribution in [3.05, 3.63) is 145 Å². The first-order valence-corrected chi connectivity index (χ1v) is 36.5. The molecule has 0 saturated carbocycles. The normalized spacial score (nSPS) is 19.7. The number of hydrogen-bond acceptors (Lipinski definition) is 24. The predicted molar refractivity (Wildman–Crippen MR) is 365 cm³/mol. The van der Waals surface area contributed by atoms with Gasteiger partial charge >= 0.3 is 25.5 Å². The van der Waals surface area contributed by atoms with E-state index in [0.29, 0.717) is 23.6 Å². The van der Waals surface area contributed by atoms with Gasteiger partial charge in [0.1, 0.15) is 28.8 Å². The van der Waals surface area contributed by atoms with E-state index < -0.39 is 105 Å². The SMILES string of the molecule is COc1ccc(C(OC[C@]2(CO[Si](C(C)C)(C(C)C)C(C)C)CN(CCOCCOCCOP(=O)(OCCC#N)OC[C@H]3O[C@@H](n4cnc5c(=O)[nH]c(NC(=O)C(C)C)nc54)[C@H](OC(C)=O)[C@@H]3OC(C)=O)C[C@H](n3cc(C)c(=O)[nH]c3=O)O2)(c2ccccc2)c2ccc(OC)cc2)cc1. The molecule has 31 heteroatoms. The van der Waals surface area contributed by atoms with Crippen molar-refractivity contribution in [1.29, 1.82) is 5.26 Å². The Balaban J connectivity index is 0.993. The fraction of sp³-hybridized carbons (Fsp3) is 0.544. The Morgan fingerprint density at radius 2 is 1.34 bits per heavy atom. The molecule has 2 saturated heterocycles. The summed E-state index contributed by atoms with van der Waals surface area (Å²) in [5.74, 6) is -1.43. The quantitative estimate of drug-likeness (QED) is 0.0110. The minimum absolute atomic E-state index is 0.0476. The fourth-order valence-electron chi connectivity index (χ4n) is 12.8. The predicted octanol–water partition coefficient (Wildman–Crippen LogP) is 8.23. The lowest BCUT2D eigenvalue weighted by Gasteiger charge is -2.50. The van der Waals surface area contributed by atoms with Gasteiger partial charge in [0.2, 0.25) is 11.9 Å². The molecular formula is C68H92N9O20PSi. The van der Waals surface area contributed by atoms with Gasteiger partial charge in [0, 0.05) is 51.2 Å². The third-order valence-electron chi connectivity index (χ3n) is 17.4. The second-order valence-corrected chi connectivity index (χ2v) is 32.6. The van der Waals surface area contributed by atoms with E-state index >= 15 is 0 Å². The molecule has 6 aromatic rings. The number of nitriles is 1. The fourth-order valence-corrected chi connectivity index (χ4v) is 19.5. The molecule has 2 fully saturated rings. The number of rotatable bonds is 36. The molecular weight excluding hydrogens is 1320 g/mol. The average molecular weight is 1410 g/mol. The van der Waals surface area contributed by atoms with Crippen molar-refractivity contribution < 1.29 is 79.6 Å². The number of morpholine rings is 1. The molecule has 538 valence electrons. The van der Waals surface area contributed by atoms with Gasteiger partial charge in [-0.3, -0.25) is 66.9 Å². The van der Waals surface area contributed by atoms with Gasteiger partial charge < -0.3 is 47.1 Å². The number of H-pyrrole nitrogens is 2. The van der Waals surface area contributed by atoms with Crippen molar-refractivity contribution in [3.63, 3.8) is 0 Å². The standard InChI is InChI=1S/C68H92N9O20PSi/c1-43(2)61(80)72-65-71-60-57(63(82)73-65)70-42-77(60)64-59(95-49(11)79)58(94-48(10)78)55(96-64)38-92-98(84,90-30-17-28-69)91-35-34-88-33-32-87-31-29-75-37-56(76-36-47(9)62(81)74-66(76)83)97-67(39-75,41-93-99(44(3)4,45(5)6)46(7)8)40-89-68(50-18-15-14-16-19-50,51-20-24-53(85-12)25-21-51)52-22-26-54(86-13)27-23-52/h14-16,18-27,36,42-46,55-56,58-59,64H,17,29-35,37-41H2,1-13H3,(H,74,81,83)(H2,71,72,73,80,82)/t55-,56-,58-,59-,64-,67+,98?/m1/s1. The first kappa shape index (κ1) is 77.0. The maximum Gasteiger partial charge on any atom is 0.474 e. The molecule has 5 heterocycles. The number of aromatic amines is 2. The topological polar surface area (TPSA) is 346 Å². The summed E-state index contributed by atoms with van der Waals surface area (Å²) in [6.07, 6.45) is -4.05. The van der Waals surface area contributed by atoms with Crippen LogP contribution in [-0.4, -0.2) is 177 Å². The molecule has 3 aromatic carbocycles. The molecule has 2 aliphatic heterocycles. The van der Waals surface area contributed by atoms with Crippen LogP contribution in [0, 0.1) is 24.2 Å². The maximum absolute atomic E-state index is 14.3. The van der Waals surface area contributed by atoms with E-state index in [-0.39, 0.29) is 106 Å². The number of carbonyl (C=O) groups excluding carboxylic acids is 3. The summed E-state index contributed by atoms with van der Waals surface area (Å²) in [6, 6.07) is 27.3. The van der Waals surface area contributed by atoms with Crippen LogP contribution in [0.5, 0.6) is 11.5 Å². The molecule has 0 radical (unpaired) electrons. The van der Waals surface area contributed by atoms with E-state index in [9.17, 15) is 38.6 Å². The van der Waals surface area contributed by atoms with E-state index in [2.05, 4.69) is 71.7 Å². The van der Waals surface area contributed by atoms with Crippen LogP contribution in [-0.2, 0) is 75.7 Å². The Hall–Kier alpha value is -7.76. The smallest absolute Gasteiger partial charge is 0.474 e. The average Bonchev–Trinajstić information content (AvgIpc) is 1.72. The highest BCUT2D eigenvalue weighted by Crippen LogP contribution is 2.51. The van der Waals surface area contributed by atoms with Crippen LogP contribution < -0.4 is 31.6 Å². The van der Waals surface area contributed by atoms with Crippen LogP contribution in [0.1, 0.15) is 110 Å². The zero-order chi connectivity index (χ0) is 71.8. The zero-order valence-electron chi connectivity index (χ0n) is 58.3. The Labute approximate surface area is 575 Å². The number of phosphoric acid groups is 1. The molecule has 1 amide bonds. The molecule has 0 spiro atoms. The van der Waals surface area contributed by atoms with Gasteiger partial charge in [0.25, 0.3) is 11.1 Å². The minimum atomic E-state index is -4.58. The van der Waals surface area contributed by atoms with Crippen LogP contribution >= 0.6 is 7.82 Å². The Kier molecular flexibility index (Phi) is 26.9. The van der Waals surface area contributed by atoms with Crippen molar-refractivity contribution in [3.8, 4) is 17.6 Å². The highest BCUT2D eigenvalue weighted by atomic mass is 31.2. The third-order valence-corrected chi connectivity index (χ3v) is 24.9. The number of imidazole rings is 1. The number of hydrogen-bond donors (Lipinski definition) is 3. The molecule has 3 N–H and O–H groups in total. The summed E-state index contributed by atoms with van der Waals surface area (Å²) in [5, 5.41) is 11.9. The number of fused-ring (bicyclic) bond motifs is 1. The van der Waals surface area contributed by atoms with Crippen LogP contribution in [0.15, 0.2) is 106 Å². The number of nitrogens with one attached hydrogen (secondary N) is 3. The van der Waals surface area contributed by atoms with Gasteiger partial charge in [-0.05, 0) is 64.5 Å². The maximum atomic E-state index is 14.3. The van der Waals surface area contributed by atoms with Gasteiger partial charge in [0.05, 0.1) is 92.5 Å². The summed E-state index contributed by atoms with van der Waals surface area (Å²) in [7, 11) is -4.01. The van der Waals surface area contributed by atoms with Gasteiger partial charge in [-0.2, -0.15) is 10.2 Å². The van der Waals surface area contributed by atoms with Crippen molar-refractivity contribution in [1.82, 2.24) is 34.0 Å². The number of nitrogens with zero attached hydrogens (tertiary/aromatic N) is 6. The summed E-state index contributed by atoms with van der Waals surface area (Å²) in [6.45, 7) is 20.0. The number of amides is 1. The lowest BCUT2D eigenvalue weighted by atomic mass is 9.79. The van der Waals surface area contributed by atoms with Crippen molar-refractivity contribution >= 4 is 51.1 Å². The highest BCUT2D eigenvalue weighted by molar-refractivity contribution is 7.48. The molecule has 1 unspecified atom stereocenters. The summed E-state index contributed by atoms with van der Waals surface area (Å²) < 4.78 is 97.5. The minimum Gasteiger partial charge on any atom is -0.497 e. The number of aryl methyl sites for hydroxylation is 1. The van der Waals surface area contributed by atoms with E-state index in [0.717, 1.165) is 30.5 Å². The Bertz CT molecular complexity index is 3890. The number of aromatic nitrogens is 6. The number of anilines is 1. The molecule has 8 rings (SSSR count). The molecule has 0 aliphatic carbocycles. The summed E-state index contributed by atoms with van der Waals surface area (Å²) in [5.41, 5.74) is -1.47. The highest BCUT2D eigenvalue weighted by Gasteiger charge is 2.53. The van der Waals surface area contributed by atoms with Crippen molar-refractivity contribution in [2.24, 2.45) is 5.92 Å². The number of benzene rings is 3. The van der Waals surface area contributed by atoms with Crippen molar-refractivity contribution in [2.75, 3.05) is 98.6 Å². The molecule has 3 aromatic heterocycles. The molecule has 7 atom stereocenters. The lowest BCUT2D eigenvalue weighted by Crippen LogP contribution is -2.62. The molecule has 0 bridgehead atoms. The molecule has 99 heavy (non-hydrogen) atoms. The van der Waals surface area contributed by atoms with Gasteiger partial charge in [-0.1, -0.05) is 110 Å². The number of carbonyl (C=O) groups is 3. The number of phosphoric ester groups is 1. The van der Waals surface area contributed by atoms with E-state index in [1.807, 2.05) is 84.9 Å². The first-order valence-electron chi connectivity index (χ1n) is 32.9. The second kappa shape index (κ2) is 34.5. The van der Waals surface area contributed by atoms with Crippen LogP contribution in [0.2, 0.25) is 16.6 Å². The van der Waals surface area contributed by atoms with Crippen LogP contribution in [0.4, 0.5) is 5.95 Å². The zero-order valence-corrected chi connectivity index (χ0v) is 60.2. The monoisotopic (exact) mass is 1410 g/mol. The first-order chi connectivity index (χ1) is 47.2. The largest absolute Gasteiger partial charge is 0.497 e. The lowest BCUT2D eigenvalue weighted by molar-refractivity contribution is -0.229. The third kappa shape index (κ3) is 18.6. The number of ether oxygens (including phenoxy) is 9. The summed E-state index contributed by atoms with van der Waals surface area (Å²) in [4.78, 5) is 93.4. The van der Waals surface area contributed by atoms with E-state index in [1.54, 1.807) is 35.0 Å². The van der Waals surface area contributed by atoms with E-state index in [1.165, 1.54) is 21.7 Å².